The van der Waals surface area contributed by atoms with Gasteiger partial charge in [-0.3, -0.25) is 5.84 Å². The fourth-order valence-corrected chi connectivity index (χ4v) is 2.53. The molecule has 0 saturated carbocycles. The zero-order valence-corrected chi connectivity index (χ0v) is 13.4. The molecule has 0 fully saturated rings. The van der Waals surface area contributed by atoms with Crippen molar-refractivity contribution in [2.45, 2.75) is 45.6 Å². The molecule has 0 aliphatic rings. The summed E-state index contributed by atoms with van der Waals surface area (Å²) in [4.78, 5) is 0. The minimum Gasteiger partial charge on any atom is -0.271 e. The molecule has 21 heavy (non-hydrogen) atoms. The molecule has 2 heteroatoms. The molecule has 0 radical (unpaired) electrons. The molecule has 2 aromatic rings. The lowest BCUT2D eigenvalue weighted by molar-refractivity contribution is 0.636. The largest absolute Gasteiger partial charge is 0.271 e. The van der Waals surface area contributed by atoms with Crippen molar-refractivity contribution in [3.8, 4) is 0 Å². The molecule has 2 aromatic carbocycles. The van der Waals surface area contributed by atoms with Gasteiger partial charge in [0, 0.05) is 0 Å². The first-order valence-corrected chi connectivity index (χ1v) is 7.68. The van der Waals surface area contributed by atoms with Gasteiger partial charge in [-0.05, 0) is 34.1 Å². The molecular formula is C19H26N2. The number of hydrazine groups is 1. The van der Waals surface area contributed by atoms with Gasteiger partial charge in [0.1, 0.15) is 0 Å². The Labute approximate surface area is 128 Å². The first-order chi connectivity index (χ1) is 10.0. The number of rotatable bonds is 5. The van der Waals surface area contributed by atoms with Crippen molar-refractivity contribution in [2.75, 3.05) is 0 Å². The molecule has 0 saturated heterocycles. The van der Waals surface area contributed by atoms with E-state index in [0.29, 0.717) is 11.8 Å². The molecule has 0 aliphatic carbocycles. The number of hydrogen-bond acceptors (Lipinski definition) is 2. The van der Waals surface area contributed by atoms with E-state index in [2.05, 4.69) is 81.7 Å². The summed E-state index contributed by atoms with van der Waals surface area (Å²) in [5.74, 6) is 6.88. The Morgan fingerprint density at radius 3 is 1.14 bits per heavy atom. The van der Waals surface area contributed by atoms with Crippen LogP contribution in [0.25, 0.3) is 0 Å². The van der Waals surface area contributed by atoms with Crippen LogP contribution in [0.5, 0.6) is 0 Å². The van der Waals surface area contributed by atoms with Crippen LogP contribution in [0.4, 0.5) is 0 Å². The lowest BCUT2D eigenvalue weighted by Gasteiger charge is -2.18. The van der Waals surface area contributed by atoms with E-state index in [4.69, 9.17) is 5.84 Å². The van der Waals surface area contributed by atoms with Gasteiger partial charge in [0.25, 0.3) is 0 Å². The van der Waals surface area contributed by atoms with Crippen LogP contribution < -0.4 is 11.3 Å². The molecule has 0 aliphatic heterocycles. The van der Waals surface area contributed by atoms with Gasteiger partial charge in [-0.1, -0.05) is 76.2 Å². The second-order valence-corrected chi connectivity index (χ2v) is 6.24. The molecule has 0 atom stereocenters. The minimum atomic E-state index is 0.0347. The van der Waals surface area contributed by atoms with Crippen molar-refractivity contribution in [1.82, 2.24) is 5.43 Å². The number of hydrogen-bond donors (Lipinski definition) is 2. The lowest BCUT2D eigenvalue weighted by atomic mass is 9.94. The monoisotopic (exact) mass is 282 g/mol. The summed E-state index contributed by atoms with van der Waals surface area (Å²) in [5.41, 5.74) is 8.02. The van der Waals surface area contributed by atoms with Crippen molar-refractivity contribution in [3.05, 3.63) is 70.8 Å². The minimum absolute atomic E-state index is 0.0347. The third-order valence-electron chi connectivity index (χ3n) is 4.04. The second kappa shape index (κ2) is 6.88. The molecule has 2 nitrogen and oxygen atoms in total. The average Bonchev–Trinajstić information content (AvgIpc) is 2.49. The van der Waals surface area contributed by atoms with Crippen LogP contribution in [-0.2, 0) is 0 Å². The van der Waals surface area contributed by atoms with Crippen LogP contribution in [-0.4, -0.2) is 0 Å². The van der Waals surface area contributed by atoms with Gasteiger partial charge < -0.3 is 0 Å². The number of nitrogens with two attached hydrogens (primary N) is 1. The standard InChI is InChI=1S/C19H26N2/c1-13(2)15-5-9-17(10-6-15)19(21-20)18-11-7-16(8-12-18)14(3)4/h5-14,19,21H,20H2,1-4H3. The Hall–Kier alpha value is -1.64. The van der Waals surface area contributed by atoms with E-state index >= 15 is 0 Å². The van der Waals surface area contributed by atoms with Crippen molar-refractivity contribution < 1.29 is 0 Å². The van der Waals surface area contributed by atoms with E-state index in [1.165, 1.54) is 22.3 Å². The van der Waals surface area contributed by atoms with Gasteiger partial charge in [-0.25, -0.2) is 5.43 Å². The average molecular weight is 282 g/mol. The molecule has 0 amide bonds. The van der Waals surface area contributed by atoms with Crippen LogP contribution in [0.3, 0.4) is 0 Å². The fourth-order valence-electron chi connectivity index (χ4n) is 2.53. The summed E-state index contributed by atoms with van der Waals surface area (Å²) in [5, 5.41) is 0. The van der Waals surface area contributed by atoms with Crippen LogP contribution in [0.15, 0.2) is 48.5 Å². The smallest absolute Gasteiger partial charge is 0.0710 e. The Kier molecular flexibility index (Phi) is 5.16. The Morgan fingerprint density at radius 1 is 0.619 bits per heavy atom. The molecule has 0 bridgehead atoms. The zero-order chi connectivity index (χ0) is 15.4. The third kappa shape index (κ3) is 3.72. The van der Waals surface area contributed by atoms with Crippen molar-refractivity contribution >= 4 is 0 Å². The molecular weight excluding hydrogens is 256 g/mol. The Balaban J connectivity index is 2.26. The quantitative estimate of drug-likeness (QED) is 0.626. The number of nitrogens with one attached hydrogen (secondary N) is 1. The molecule has 0 heterocycles. The molecule has 3 N–H and O–H groups in total. The Morgan fingerprint density at radius 2 is 0.905 bits per heavy atom. The maximum absolute atomic E-state index is 5.78. The summed E-state index contributed by atoms with van der Waals surface area (Å²) in [6.07, 6.45) is 0. The SMILES string of the molecule is CC(C)c1ccc(C(NN)c2ccc(C(C)C)cc2)cc1. The molecule has 2 rings (SSSR count). The van der Waals surface area contributed by atoms with Crippen molar-refractivity contribution in [1.29, 1.82) is 0 Å². The highest BCUT2D eigenvalue weighted by atomic mass is 15.2. The molecule has 0 unspecified atom stereocenters. The zero-order valence-electron chi connectivity index (χ0n) is 13.4. The number of benzene rings is 2. The molecule has 0 aromatic heterocycles. The third-order valence-corrected chi connectivity index (χ3v) is 4.04. The van der Waals surface area contributed by atoms with E-state index in [0.717, 1.165) is 0 Å². The summed E-state index contributed by atoms with van der Waals surface area (Å²) < 4.78 is 0. The van der Waals surface area contributed by atoms with Crippen LogP contribution in [0, 0.1) is 0 Å². The lowest BCUT2D eigenvalue weighted by Crippen LogP contribution is -2.28. The van der Waals surface area contributed by atoms with Gasteiger partial charge in [-0.15, -0.1) is 0 Å². The molecule has 0 spiro atoms. The van der Waals surface area contributed by atoms with Crippen LogP contribution in [0.1, 0.15) is 67.8 Å². The predicted molar refractivity (Wildman–Crippen MR) is 90.2 cm³/mol. The summed E-state index contributed by atoms with van der Waals surface area (Å²) >= 11 is 0. The maximum atomic E-state index is 5.78. The normalized spacial score (nSPS) is 11.6. The fraction of sp³-hybridized carbons (Fsp3) is 0.368. The highest BCUT2D eigenvalue weighted by molar-refractivity contribution is 5.36. The topological polar surface area (TPSA) is 38.0 Å². The molecule has 112 valence electrons. The van der Waals surface area contributed by atoms with E-state index in [1.54, 1.807) is 0 Å². The summed E-state index contributed by atoms with van der Waals surface area (Å²) in [6, 6.07) is 17.4. The van der Waals surface area contributed by atoms with Gasteiger partial charge in [0.15, 0.2) is 0 Å². The predicted octanol–water partition coefficient (Wildman–Crippen LogP) is 4.49. The first kappa shape index (κ1) is 15.7. The van der Waals surface area contributed by atoms with Crippen molar-refractivity contribution in [2.24, 2.45) is 5.84 Å². The summed E-state index contributed by atoms with van der Waals surface area (Å²) in [6.45, 7) is 8.83. The van der Waals surface area contributed by atoms with E-state index < -0.39 is 0 Å². The van der Waals surface area contributed by atoms with Gasteiger partial charge >= 0.3 is 0 Å². The van der Waals surface area contributed by atoms with Gasteiger partial charge in [0.05, 0.1) is 6.04 Å². The van der Waals surface area contributed by atoms with Gasteiger partial charge in [0.2, 0.25) is 0 Å². The maximum Gasteiger partial charge on any atom is 0.0710 e. The second-order valence-electron chi connectivity index (χ2n) is 6.24. The van der Waals surface area contributed by atoms with E-state index in [9.17, 15) is 0 Å². The summed E-state index contributed by atoms with van der Waals surface area (Å²) in [7, 11) is 0. The van der Waals surface area contributed by atoms with Crippen LogP contribution >= 0.6 is 0 Å². The van der Waals surface area contributed by atoms with Gasteiger partial charge in [-0.2, -0.15) is 0 Å². The highest BCUT2D eigenvalue weighted by Gasteiger charge is 2.13. The van der Waals surface area contributed by atoms with Crippen molar-refractivity contribution in [3.63, 3.8) is 0 Å². The highest BCUT2D eigenvalue weighted by Crippen LogP contribution is 2.25. The first-order valence-electron chi connectivity index (χ1n) is 7.68. The van der Waals surface area contributed by atoms with E-state index in [1.807, 2.05) is 0 Å². The Bertz CT molecular complexity index is 502. The van der Waals surface area contributed by atoms with E-state index in [-0.39, 0.29) is 6.04 Å². The van der Waals surface area contributed by atoms with Crippen LogP contribution in [0.2, 0.25) is 0 Å².